The first-order valence-corrected chi connectivity index (χ1v) is 12.4. The molecule has 10 heteroatoms. The fourth-order valence-electron chi connectivity index (χ4n) is 5.34. The number of halogens is 2. The van der Waals surface area contributed by atoms with Crippen LogP contribution in [0.5, 0.6) is 0 Å². The van der Waals surface area contributed by atoms with Crippen molar-refractivity contribution < 1.29 is 18.4 Å². The lowest BCUT2D eigenvalue weighted by Gasteiger charge is -2.25. The van der Waals surface area contributed by atoms with E-state index in [0.717, 1.165) is 28.5 Å². The number of benzene rings is 2. The van der Waals surface area contributed by atoms with Gasteiger partial charge in [-0.3, -0.25) is 9.59 Å². The average Bonchev–Trinajstić information content (AvgIpc) is 3.44. The Morgan fingerprint density at radius 1 is 1.03 bits per heavy atom. The van der Waals surface area contributed by atoms with Crippen molar-refractivity contribution in [1.29, 1.82) is 0 Å². The van der Waals surface area contributed by atoms with Gasteiger partial charge in [0.1, 0.15) is 23.7 Å². The maximum Gasteiger partial charge on any atom is 0.277 e. The normalized spacial score (nSPS) is 17.5. The number of carbonyl (C=O) groups is 2. The van der Waals surface area contributed by atoms with Crippen LogP contribution in [-0.4, -0.2) is 39.2 Å². The highest BCUT2D eigenvalue weighted by Gasteiger charge is 2.51. The maximum absolute atomic E-state index is 14.0. The van der Waals surface area contributed by atoms with Crippen LogP contribution in [0.4, 0.5) is 31.8 Å². The van der Waals surface area contributed by atoms with E-state index in [1.165, 1.54) is 12.4 Å². The lowest BCUT2D eigenvalue weighted by Crippen LogP contribution is -2.40. The van der Waals surface area contributed by atoms with E-state index in [0.29, 0.717) is 35.9 Å². The second-order valence-electron chi connectivity index (χ2n) is 9.98. The van der Waals surface area contributed by atoms with E-state index >= 15 is 0 Å². The number of rotatable bonds is 6. The van der Waals surface area contributed by atoms with Crippen molar-refractivity contribution in [2.24, 2.45) is 0 Å². The summed E-state index contributed by atoms with van der Waals surface area (Å²) >= 11 is 0. The van der Waals surface area contributed by atoms with Gasteiger partial charge in [-0.25, -0.2) is 23.7 Å². The summed E-state index contributed by atoms with van der Waals surface area (Å²) < 4.78 is 27.9. The molecule has 0 fully saturated rings. The first-order chi connectivity index (χ1) is 18.7. The van der Waals surface area contributed by atoms with Crippen LogP contribution in [0.25, 0.3) is 0 Å². The molecule has 196 valence electrons. The predicted octanol–water partition coefficient (Wildman–Crippen LogP) is 4.91. The van der Waals surface area contributed by atoms with Crippen LogP contribution in [0, 0.1) is 0 Å². The van der Waals surface area contributed by atoms with E-state index in [-0.39, 0.29) is 11.6 Å². The Morgan fingerprint density at radius 3 is 2.62 bits per heavy atom. The molecule has 1 unspecified atom stereocenters. The standard InChI is InChI=1S/C29H24F2N6O2/c1-28(30,31)16-37(21-6-3-2-4-7-21)26(38)23-13-24(34-17-33-23)35-20-10-9-18-14-29(15-19(18)12-20)22-8-5-11-32-25(22)36-27(29)39/h2-13,17H,14-16H2,1H3,(H,32,36,39)(H,33,34,35). The zero-order valence-electron chi connectivity index (χ0n) is 21.0. The number of nitrogens with one attached hydrogen (secondary N) is 2. The number of pyridine rings is 1. The quantitative estimate of drug-likeness (QED) is 0.371. The van der Waals surface area contributed by atoms with Crippen LogP contribution in [0.3, 0.4) is 0 Å². The first kappa shape index (κ1) is 24.6. The molecule has 2 N–H and O–H groups in total. The minimum Gasteiger partial charge on any atom is -0.340 e. The molecular formula is C29H24F2N6O2. The van der Waals surface area contributed by atoms with Crippen molar-refractivity contribution >= 4 is 34.8 Å². The van der Waals surface area contributed by atoms with Gasteiger partial charge in [0.2, 0.25) is 5.91 Å². The van der Waals surface area contributed by atoms with Gasteiger partial charge in [-0.2, -0.15) is 0 Å². The van der Waals surface area contributed by atoms with Crippen molar-refractivity contribution in [3.8, 4) is 0 Å². The number of hydrogen-bond donors (Lipinski definition) is 2. The molecule has 1 spiro atoms. The van der Waals surface area contributed by atoms with Gasteiger partial charge in [0, 0.05) is 36.1 Å². The van der Waals surface area contributed by atoms with Crippen molar-refractivity contribution in [3.05, 3.63) is 102 Å². The molecule has 2 aliphatic rings. The number of para-hydroxylation sites is 1. The fourth-order valence-corrected chi connectivity index (χ4v) is 5.34. The van der Waals surface area contributed by atoms with E-state index < -0.39 is 23.8 Å². The second-order valence-corrected chi connectivity index (χ2v) is 9.98. The van der Waals surface area contributed by atoms with Crippen molar-refractivity contribution in [2.45, 2.75) is 31.1 Å². The van der Waals surface area contributed by atoms with Crippen LogP contribution >= 0.6 is 0 Å². The lowest BCUT2D eigenvalue weighted by molar-refractivity contribution is -0.120. The zero-order valence-corrected chi connectivity index (χ0v) is 21.0. The van der Waals surface area contributed by atoms with Gasteiger partial charge in [-0.05, 0) is 54.3 Å². The number of amides is 2. The molecule has 1 atom stereocenters. The topological polar surface area (TPSA) is 100 Å². The van der Waals surface area contributed by atoms with Crippen LogP contribution in [0.2, 0.25) is 0 Å². The summed E-state index contributed by atoms with van der Waals surface area (Å²) in [7, 11) is 0. The number of carbonyl (C=O) groups excluding carboxylic acids is 2. The van der Waals surface area contributed by atoms with Gasteiger partial charge in [0.05, 0.1) is 12.0 Å². The number of alkyl halides is 2. The fraction of sp³-hybridized carbons (Fsp3) is 0.207. The molecule has 1 aliphatic carbocycles. The number of hydrogen-bond acceptors (Lipinski definition) is 6. The third-order valence-electron chi connectivity index (χ3n) is 7.09. The van der Waals surface area contributed by atoms with Gasteiger partial charge in [0.15, 0.2) is 0 Å². The van der Waals surface area contributed by atoms with E-state index in [9.17, 15) is 18.4 Å². The molecule has 0 saturated heterocycles. The van der Waals surface area contributed by atoms with Crippen molar-refractivity contribution in [3.63, 3.8) is 0 Å². The molecule has 0 saturated carbocycles. The van der Waals surface area contributed by atoms with E-state index in [2.05, 4.69) is 25.6 Å². The van der Waals surface area contributed by atoms with Gasteiger partial charge in [-0.1, -0.05) is 30.3 Å². The Hall–Kier alpha value is -4.73. The molecule has 8 nitrogen and oxygen atoms in total. The number of nitrogens with zero attached hydrogens (tertiary/aromatic N) is 4. The Labute approximate surface area is 223 Å². The largest absolute Gasteiger partial charge is 0.340 e. The van der Waals surface area contributed by atoms with Crippen LogP contribution in [0.15, 0.2) is 79.3 Å². The van der Waals surface area contributed by atoms with Crippen molar-refractivity contribution in [2.75, 3.05) is 22.1 Å². The molecule has 0 bridgehead atoms. The summed E-state index contributed by atoms with van der Waals surface area (Å²) in [5.41, 5.74) is 3.36. The third kappa shape index (κ3) is 4.58. The first-order valence-electron chi connectivity index (χ1n) is 12.4. The summed E-state index contributed by atoms with van der Waals surface area (Å²) in [4.78, 5) is 39.9. The Morgan fingerprint density at radius 2 is 1.82 bits per heavy atom. The summed E-state index contributed by atoms with van der Waals surface area (Å²) in [6.45, 7) is -0.0210. The molecular weight excluding hydrogens is 502 g/mol. The van der Waals surface area contributed by atoms with Crippen LogP contribution < -0.4 is 15.5 Å². The van der Waals surface area contributed by atoms with Crippen LogP contribution in [0.1, 0.15) is 34.1 Å². The Kier molecular flexibility index (Phi) is 5.82. The van der Waals surface area contributed by atoms with Crippen molar-refractivity contribution in [1.82, 2.24) is 15.0 Å². The summed E-state index contributed by atoms with van der Waals surface area (Å²) in [5.74, 6) is -2.87. The predicted molar refractivity (Wildman–Crippen MR) is 142 cm³/mol. The molecule has 2 amide bonds. The zero-order chi connectivity index (χ0) is 27.2. The molecule has 2 aromatic carbocycles. The monoisotopic (exact) mass is 526 g/mol. The number of anilines is 4. The van der Waals surface area contributed by atoms with Gasteiger partial charge < -0.3 is 15.5 Å². The second kappa shape index (κ2) is 9.23. The highest BCUT2D eigenvalue weighted by Crippen LogP contribution is 2.47. The van der Waals surface area contributed by atoms with Gasteiger partial charge >= 0.3 is 0 Å². The van der Waals surface area contributed by atoms with Crippen LogP contribution in [-0.2, 0) is 23.1 Å². The Balaban J connectivity index is 1.24. The van der Waals surface area contributed by atoms with E-state index in [1.807, 2.05) is 30.3 Å². The summed E-state index contributed by atoms with van der Waals surface area (Å²) in [6.07, 6.45) is 4.00. The summed E-state index contributed by atoms with van der Waals surface area (Å²) in [6, 6.07) is 19.3. The highest BCUT2D eigenvalue weighted by molar-refractivity contribution is 6.06. The molecule has 3 heterocycles. The SMILES string of the molecule is CC(F)(F)CN(C(=O)c1cc(Nc2ccc3c(c2)CC2(C3)C(=O)Nc3ncccc32)ncn1)c1ccccc1. The van der Waals surface area contributed by atoms with E-state index in [1.54, 1.807) is 36.5 Å². The van der Waals surface area contributed by atoms with Gasteiger partial charge in [-0.15, -0.1) is 0 Å². The van der Waals surface area contributed by atoms with Gasteiger partial charge in [0.25, 0.3) is 11.8 Å². The third-order valence-corrected chi connectivity index (χ3v) is 7.09. The lowest BCUT2D eigenvalue weighted by atomic mass is 9.79. The molecule has 6 rings (SSSR count). The number of aromatic nitrogens is 3. The molecule has 39 heavy (non-hydrogen) atoms. The molecule has 2 aromatic heterocycles. The molecule has 0 radical (unpaired) electrons. The number of fused-ring (bicyclic) bond motifs is 3. The molecule has 4 aromatic rings. The van der Waals surface area contributed by atoms with E-state index in [4.69, 9.17) is 0 Å². The summed E-state index contributed by atoms with van der Waals surface area (Å²) in [5, 5.41) is 6.09. The average molecular weight is 527 g/mol. The smallest absolute Gasteiger partial charge is 0.277 e. The molecule has 1 aliphatic heterocycles. The minimum absolute atomic E-state index is 0.0209. The minimum atomic E-state index is -3.10. The maximum atomic E-state index is 14.0. The highest BCUT2D eigenvalue weighted by atomic mass is 19.3. The Bertz CT molecular complexity index is 1590.